The zero-order valence-electron chi connectivity index (χ0n) is 16.1. The van der Waals surface area contributed by atoms with Crippen LogP contribution in [0.3, 0.4) is 0 Å². The van der Waals surface area contributed by atoms with Gasteiger partial charge in [0.1, 0.15) is 0 Å². The van der Waals surface area contributed by atoms with Crippen molar-refractivity contribution in [3.8, 4) is 0 Å². The molecule has 0 aromatic heterocycles. The second-order valence-corrected chi connectivity index (χ2v) is 7.91. The third-order valence-corrected chi connectivity index (χ3v) is 5.89. The van der Waals surface area contributed by atoms with Gasteiger partial charge in [-0.15, -0.1) is 24.8 Å². The molecule has 1 saturated carbocycles. The van der Waals surface area contributed by atoms with Gasteiger partial charge < -0.3 is 16.0 Å². The maximum Gasteiger partial charge on any atom is 0.416 e. The highest BCUT2D eigenvalue weighted by Gasteiger charge is 2.30. The van der Waals surface area contributed by atoms with Crippen LogP contribution in [0.4, 0.5) is 18.9 Å². The van der Waals surface area contributed by atoms with E-state index in [1.54, 1.807) is 6.07 Å². The maximum atomic E-state index is 12.8. The van der Waals surface area contributed by atoms with E-state index in [0.717, 1.165) is 57.3 Å². The lowest BCUT2D eigenvalue weighted by Crippen LogP contribution is -2.40. The van der Waals surface area contributed by atoms with Crippen molar-refractivity contribution in [1.82, 2.24) is 4.90 Å². The summed E-state index contributed by atoms with van der Waals surface area (Å²) in [5.41, 5.74) is 5.94. The molecule has 2 fully saturated rings. The molecule has 28 heavy (non-hydrogen) atoms. The molecule has 0 amide bonds. The molecule has 1 heterocycles. The number of halogens is 5. The van der Waals surface area contributed by atoms with Gasteiger partial charge >= 0.3 is 6.18 Å². The smallest absolute Gasteiger partial charge is 0.382 e. The van der Waals surface area contributed by atoms with Crippen molar-refractivity contribution >= 4 is 30.5 Å². The first-order valence-electron chi connectivity index (χ1n) is 9.82. The molecule has 3 N–H and O–H groups in total. The average Bonchev–Trinajstić information content (AvgIpc) is 2.62. The highest BCUT2D eigenvalue weighted by atomic mass is 35.5. The highest BCUT2D eigenvalue weighted by Crippen LogP contribution is 2.31. The number of rotatable bonds is 5. The van der Waals surface area contributed by atoms with Crippen molar-refractivity contribution in [2.75, 3.05) is 25.0 Å². The minimum Gasteiger partial charge on any atom is -0.382 e. The zero-order chi connectivity index (χ0) is 18.6. The molecule has 0 spiro atoms. The summed E-state index contributed by atoms with van der Waals surface area (Å²) in [6, 6.07) is 6.17. The molecule has 1 aliphatic carbocycles. The van der Waals surface area contributed by atoms with Crippen molar-refractivity contribution in [3.05, 3.63) is 29.8 Å². The maximum absolute atomic E-state index is 12.8. The van der Waals surface area contributed by atoms with Gasteiger partial charge in [-0.25, -0.2) is 0 Å². The van der Waals surface area contributed by atoms with Crippen LogP contribution in [0.15, 0.2) is 24.3 Å². The minimum atomic E-state index is -4.29. The van der Waals surface area contributed by atoms with E-state index in [2.05, 4.69) is 10.2 Å². The minimum absolute atomic E-state index is 0. The largest absolute Gasteiger partial charge is 0.416 e. The molecule has 3 rings (SSSR count). The topological polar surface area (TPSA) is 41.3 Å². The van der Waals surface area contributed by atoms with E-state index in [-0.39, 0.29) is 30.9 Å². The number of nitrogens with one attached hydrogen (secondary N) is 1. The molecule has 1 aromatic carbocycles. The molecule has 2 aliphatic rings. The molecule has 162 valence electrons. The zero-order valence-corrected chi connectivity index (χ0v) is 17.7. The molecular formula is C20H32Cl2F3N3. The number of nitrogens with zero attached hydrogens (tertiary/aromatic N) is 1. The molecule has 0 bridgehead atoms. The van der Waals surface area contributed by atoms with Crippen LogP contribution in [-0.2, 0) is 6.18 Å². The van der Waals surface area contributed by atoms with E-state index in [1.165, 1.54) is 31.4 Å². The standard InChI is InChI=1S/C20H30F3N3.2ClH/c21-20(22,23)16-2-1-3-19(14-16)25-18-9-12-26(13-10-18)11-8-15-4-6-17(24)7-5-15;;/h1-3,14-15,17-18,25H,4-13,24H2;2*1H. The van der Waals surface area contributed by atoms with Crippen molar-refractivity contribution in [2.24, 2.45) is 11.7 Å². The van der Waals surface area contributed by atoms with Gasteiger partial charge in [-0.05, 0) is 75.6 Å². The number of hydrogen-bond acceptors (Lipinski definition) is 3. The number of likely N-dealkylation sites (tertiary alicyclic amines) is 1. The lowest BCUT2D eigenvalue weighted by atomic mass is 9.84. The van der Waals surface area contributed by atoms with Gasteiger partial charge in [-0.3, -0.25) is 0 Å². The Labute approximate surface area is 178 Å². The Kier molecular flexibility index (Phi) is 10.4. The molecule has 8 heteroatoms. The quantitative estimate of drug-likeness (QED) is 0.648. The third-order valence-electron chi connectivity index (χ3n) is 5.89. The van der Waals surface area contributed by atoms with E-state index in [1.807, 2.05) is 0 Å². The SMILES string of the molecule is Cl.Cl.NC1CCC(CCN2CCC(Nc3cccc(C(F)(F)F)c3)CC2)CC1. The molecule has 1 aromatic rings. The first-order chi connectivity index (χ1) is 12.4. The monoisotopic (exact) mass is 441 g/mol. The molecule has 0 unspecified atom stereocenters. The second-order valence-electron chi connectivity index (χ2n) is 7.91. The molecule has 1 saturated heterocycles. The van der Waals surface area contributed by atoms with Gasteiger partial charge in [0.15, 0.2) is 0 Å². The van der Waals surface area contributed by atoms with Crippen LogP contribution >= 0.6 is 24.8 Å². The Hall–Kier alpha value is -0.690. The Morgan fingerprint density at radius 2 is 1.64 bits per heavy atom. The van der Waals surface area contributed by atoms with Gasteiger partial charge in [-0.1, -0.05) is 6.07 Å². The summed E-state index contributed by atoms with van der Waals surface area (Å²) in [7, 11) is 0. The lowest BCUT2D eigenvalue weighted by Gasteiger charge is -2.34. The Morgan fingerprint density at radius 1 is 1.00 bits per heavy atom. The number of nitrogens with two attached hydrogens (primary N) is 1. The fraction of sp³-hybridized carbons (Fsp3) is 0.700. The van der Waals surface area contributed by atoms with Crippen molar-refractivity contribution in [2.45, 2.75) is 63.2 Å². The first-order valence-corrected chi connectivity index (χ1v) is 9.82. The van der Waals surface area contributed by atoms with E-state index in [4.69, 9.17) is 5.73 Å². The summed E-state index contributed by atoms with van der Waals surface area (Å²) >= 11 is 0. The van der Waals surface area contributed by atoms with E-state index in [9.17, 15) is 13.2 Å². The number of benzene rings is 1. The summed E-state index contributed by atoms with van der Waals surface area (Å²) in [5, 5.41) is 3.28. The first kappa shape index (κ1) is 25.3. The van der Waals surface area contributed by atoms with Crippen LogP contribution in [0, 0.1) is 5.92 Å². The average molecular weight is 442 g/mol. The number of anilines is 1. The van der Waals surface area contributed by atoms with Crippen LogP contribution in [-0.4, -0.2) is 36.6 Å². The number of piperidine rings is 1. The van der Waals surface area contributed by atoms with Gasteiger partial charge in [0, 0.05) is 30.9 Å². The Balaban J connectivity index is 0.00000196. The predicted octanol–water partition coefficient (Wildman–Crippen LogP) is 5.33. The fourth-order valence-corrected chi connectivity index (χ4v) is 4.16. The molecule has 0 atom stereocenters. The summed E-state index contributed by atoms with van der Waals surface area (Å²) in [5.74, 6) is 0.816. The van der Waals surface area contributed by atoms with E-state index in [0.29, 0.717) is 11.7 Å². The Morgan fingerprint density at radius 3 is 2.25 bits per heavy atom. The lowest BCUT2D eigenvalue weighted by molar-refractivity contribution is -0.137. The molecule has 0 radical (unpaired) electrons. The highest BCUT2D eigenvalue weighted by molar-refractivity contribution is 5.85. The number of hydrogen-bond donors (Lipinski definition) is 2. The van der Waals surface area contributed by atoms with Gasteiger partial charge in [0.25, 0.3) is 0 Å². The van der Waals surface area contributed by atoms with Crippen LogP contribution < -0.4 is 11.1 Å². The number of alkyl halides is 3. The normalized spacial score (nSPS) is 24.1. The predicted molar refractivity (Wildman–Crippen MR) is 114 cm³/mol. The Bertz CT molecular complexity index is 570. The summed E-state index contributed by atoms with van der Waals surface area (Å²) in [6.45, 7) is 3.17. The van der Waals surface area contributed by atoms with E-state index < -0.39 is 11.7 Å². The summed E-state index contributed by atoms with van der Waals surface area (Å²) in [6.07, 6.45) is 3.75. The van der Waals surface area contributed by atoms with Crippen molar-refractivity contribution in [3.63, 3.8) is 0 Å². The molecule has 1 aliphatic heterocycles. The summed E-state index contributed by atoms with van der Waals surface area (Å²) < 4.78 is 38.4. The molecular weight excluding hydrogens is 410 g/mol. The fourth-order valence-electron chi connectivity index (χ4n) is 4.16. The van der Waals surface area contributed by atoms with Crippen LogP contribution in [0.2, 0.25) is 0 Å². The van der Waals surface area contributed by atoms with Gasteiger partial charge in [0.2, 0.25) is 0 Å². The second kappa shape index (κ2) is 11.5. The molecule has 3 nitrogen and oxygen atoms in total. The van der Waals surface area contributed by atoms with E-state index >= 15 is 0 Å². The third kappa shape index (κ3) is 7.62. The summed E-state index contributed by atoms with van der Waals surface area (Å²) in [4.78, 5) is 2.50. The van der Waals surface area contributed by atoms with Crippen LogP contribution in [0.1, 0.15) is 50.5 Å². The van der Waals surface area contributed by atoms with Gasteiger partial charge in [-0.2, -0.15) is 13.2 Å². The van der Waals surface area contributed by atoms with Crippen molar-refractivity contribution < 1.29 is 13.2 Å². The van der Waals surface area contributed by atoms with Crippen LogP contribution in [0.25, 0.3) is 0 Å². The van der Waals surface area contributed by atoms with Crippen LogP contribution in [0.5, 0.6) is 0 Å². The van der Waals surface area contributed by atoms with Crippen molar-refractivity contribution in [1.29, 1.82) is 0 Å². The van der Waals surface area contributed by atoms with Gasteiger partial charge in [0.05, 0.1) is 5.56 Å².